The van der Waals surface area contributed by atoms with Gasteiger partial charge in [-0.15, -0.1) is 0 Å². The SMILES string of the molecule is CC[C@H](C)[C@@H]1NC(=O)[C@H](CC(=O)O)NC(=O)[C@H]([C@@H](C)O)NC(=O)[C@H](C)NC(=O)[C@H](CS)NC(=O)[C@H](CS)NC(=O)[C@H](CCC(=O)O)NC(=O)[C@H](C)NC(=O)CNC(=O)[C@H](CCCCN)NC1=O. The number of nitrogens with one attached hydrogen (secondary N) is 10. The van der Waals surface area contributed by atoms with E-state index >= 15 is 0 Å². The van der Waals surface area contributed by atoms with Gasteiger partial charge in [0.1, 0.15) is 54.4 Å². The third-order valence-corrected chi connectivity index (χ3v) is 11.0. The van der Waals surface area contributed by atoms with Gasteiger partial charge in [0.25, 0.3) is 0 Å². The lowest BCUT2D eigenvalue weighted by molar-refractivity contribution is -0.142. The number of carbonyl (C=O) groups is 12. The molecule has 0 bridgehead atoms. The molecule has 10 amide bonds. The molecule has 1 saturated heterocycles. The lowest BCUT2D eigenvalue weighted by Gasteiger charge is -2.29. The summed E-state index contributed by atoms with van der Waals surface area (Å²) < 4.78 is 0. The van der Waals surface area contributed by atoms with Gasteiger partial charge >= 0.3 is 11.9 Å². The van der Waals surface area contributed by atoms with Gasteiger partial charge in [-0.2, -0.15) is 25.3 Å². The number of aliphatic hydroxyl groups is 1. The van der Waals surface area contributed by atoms with Gasteiger partial charge in [-0.25, -0.2) is 0 Å². The molecule has 0 aliphatic carbocycles. The fourth-order valence-electron chi connectivity index (χ4n) is 6.10. The number of carboxylic acids is 2. The highest BCUT2D eigenvalue weighted by atomic mass is 32.1. The first-order valence-corrected chi connectivity index (χ1v) is 22.7. The van der Waals surface area contributed by atoms with Crippen molar-refractivity contribution in [2.75, 3.05) is 24.6 Å². The molecule has 0 unspecified atom stereocenters. The molecular weight excluding hydrogens is 927 g/mol. The van der Waals surface area contributed by atoms with Crippen molar-refractivity contribution >= 4 is 96.3 Å². The molecule has 15 N–H and O–H groups in total. The van der Waals surface area contributed by atoms with Crippen LogP contribution in [0.5, 0.6) is 0 Å². The number of carboxylic acid groups (broad SMARTS) is 2. The second-order valence-electron chi connectivity index (χ2n) is 15.8. The third-order valence-electron chi connectivity index (χ3n) is 10.3. The Morgan fingerprint density at radius 2 is 1.03 bits per heavy atom. The highest BCUT2D eigenvalue weighted by Gasteiger charge is 2.37. The minimum atomic E-state index is -1.90. The smallest absolute Gasteiger partial charge is 0.305 e. The number of carbonyl (C=O) groups excluding carboxylic acids is 10. The second-order valence-corrected chi connectivity index (χ2v) is 16.6. The molecule has 0 aromatic heterocycles. The number of aliphatic carboxylic acids is 2. The van der Waals surface area contributed by atoms with E-state index in [4.69, 9.17) is 5.73 Å². The molecule has 1 heterocycles. The van der Waals surface area contributed by atoms with Crippen molar-refractivity contribution in [1.29, 1.82) is 0 Å². The van der Waals surface area contributed by atoms with Gasteiger partial charge in [0.05, 0.1) is 19.1 Å². The third kappa shape index (κ3) is 20.8. The lowest BCUT2D eigenvalue weighted by Crippen LogP contribution is -2.62. The van der Waals surface area contributed by atoms with E-state index in [0.717, 1.165) is 6.92 Å². The average molecular weight is 992 g/mol. The van der Waals surface area contributed by atoms with E-state index in [0.29, 0.717) is 12.8 Å². The van der Waals surface area contributed by atoms with Gasteiger partial charge < -0.3 is 74.2 Å². The monoisotopic (exact) mass is 991 g/mol. The Labute approximate surface area is 397 Å². The summed E-state index contributed by atoms with van der Waals surface area (Å²) in [6.07, 6.45) is -2.84. The molecule has 0 aromatic rings. The summed E-state index contributed by atoms with van der Waals surface area (Å²) in [5.41, 5.74) is 5.62. The maximum atomic E-state index is 13.8. The molecule has 67 heavy (non-hydrogen) atoms. The molecule has 1 rings (SSSR count). The van der Waals surface area contributed by atoms with Crippen LogP contribution in [0.25, 0.3) is 0 Å². The van der Waals surface area contributed by atoms with E-state index in [1.807, 2.05) is 0 Å². The lowest BCUT2D eigenvalue weighted by atomic mass is 9.96. The molecule has 1 aliphatic rings. The van der Waals surface area contributed by atoms with Crippen molar-refractivity contribution in [2.45, 2.75) is 140 Å². The summed E-state index contributed by atoms with van der Waals surface area (Å²) in [4.78, 5) is 157. The van der Waals surface area contributed by atoms with Crippen LogP contribution in [0.1, 0.15) is 79.6 Å². The summed E-state index contributed by atoms with van der Waals surface area (Å²) >= 11 is 8.17. The zero-order valence-corrected chi connectivity index (χ0v) is 39.6. The zero-order chi connectivity index (χ0) is 51.1. The maximum Gasteiger partial charge on any atom is 0.305 e. The Morgan fingerprint density at radius 1 is 0.582 bits per heavy atom. The summed E-state index contributed by atoms with van der Waals surface area (Å²) in [7, 11) is 0. The molecule has 1 aliphatic heterocycles. The molecule has 28 heteroatoms. The number of unbranched alkanes of at least 4 members (excludes halogenated alkanes) is 1. The standard InChI is InChI=1S/C39H65N11O15S2/c1-6-17(2)29-38(64)45-21(9-7-8-12-40)33(59)41-14-26(52)42-18(3)31(57)44-22(10-11-27(53)54)34(60)47-25(16-67)37(63)48-24(15-66)36(62)43-19(4)32(58)50-30(20(5)51)39(65)46-23(13-28(55)56)35(61)49-29/h17-25,29-30,51,66-67H,6-16,40H2,1-5H3,(H,41,59)(H,42,52)(H,43,62)(H,44,57)(H,45,64)(H,46,65)(H,47,60)(H,48,63)(H,49,61)(H,50,58)(H,53,54)(H,55,56)/t17-,18-,19-,20+,21-,22-,23-,24-,25-,29-,30-/m0/s1. The fraction of sp³-hybridized carbons (Fsp3) is 0.692. The minimum Gasteiger partial charge on any atom is -0.481 e. The Hall–Kier alpha value is -5.74. The highest BCUT2D eigenvalue weighted by Crippen LogP contribution is 2.12. The van der Waals surface area contributed by atoms with Crippen LogP contribution >= 0.6 is 25.3 Å². The molecule has 378 valence electrons. The van der Waals surface area contributed by atoms with Crippen LogP contribution in [0.3, 0.4) is 0 Å². The average Bonchev–Trinajstić information content (AvgIpc) is 3.26. The quantitative estimate of drug-likeness (QED) is 0.0570. The van der Waals surface area contributed by atoms with Crippen molar-refractivity contribution in [3.05, 3.63) is 0 Å². The number of aliphatic hydroxyl groups excluding tert-OH is 1. The van der Waals surface area contributed by atoms with Crippen molar-refractivity contribution in [3.63, 3.8) is 0 Å². The number of thiol groups is 2. The largest absolute Gasteiger partial charge is 0.481 e. The predicted molar refractivity (Wildman–Crippen MR) is 243 cm³/mol. The van der Waals surface area contributed by atoms with E-state index in [1.54, 1.807) is 13.8 Å². The van der Waals surface area contributed by atoms with Crippen molar-refractivity contribution < 1.29 is 72.9 Å². The maximum absolute atomic E-state index is 13.8. The van der Waals surface area contributed by atoms with Gasteiger partial charge in [0.2, 0.25) is 59.1 Å². The molecule has 0 spiro atoms. The van der Waals surface area contributed by atoms with E-state index in [9.17, 15) is 72.9 Å². The van der Waals surface area contributed by atoms with Crippen molar-refractivity contribution in [3.8, 4) is 0 Å². The summed E-state index contributed by atoms with van der Waals surface area (Å²) in [6, 6.07) is -13.9. The molecular formula is C39H65N11O15S2. The van der Waals surface area contributed by atoms with Crippen LogP contribution in [-0.2, 0) is 57.5 Å². The zero-order valence-electron chi connectivity index (χ0n) is 37.8. The number of nitrogens with two attached hydrogens (primary N) is 1. The van der Waals surface area contributed by atoms with E-state index in [2.05, 4.69) is 78.4 Å². The van der Waals surface area contributed by atoms with Crippen LogP contribution in [0.2, 0.25) is 0 Å². The van der Waals surface area contributed by atoms with Crippen molar-refractivity contribution in [1.82, 2.24) is 53.2 Å². The number of hydrogen-bond acceptors (Lipinski definition) is 16. The molecule has 0 aromatic carbocycles. The van der Waals surface area contributed by atoms with Gasteiger partial charge in [-0.3, -0.25) is 57.5 Å². The molecule has 11 atom stereocenters. The van der Waals surface area contributed by atoms with Crippen LogP contribution in [0.4, 0.5) is 0 Å². The normalized spacial score (nSPS) is 27.4. The van der Waals surface area contributed by atoms with Crippen LogP contribution in [0.15, 0.2) is 0 Å². The minimum absolute atomic E-state index is 0.00583. The Bertz CT molecular complexity index is 1810. The van der Waals surface area contributed by atoms with Crippen LogP contribution in [-0.4, -0.2) is 171 Å². The molecule has 0 saturated carbocycles. The first-order valence-electron chi connectivity index (χ1n) is 21.4. The van der Waals surface area contributed by atoms with Gasteiger partial charge in [0, 0.05) is 17.9 Å². The summed E-state index contributed by atoms with van der Waals surface area (Å²) in [6.45, 7) is 6.21. The molecule has 1 fully saturated rings. The van der Waals surface area contributed by atoms with Crippen LogP contribution in [0, 0.1) is 5.92 Å². The number of rotatable bonds is 14. The second kappa shape index (κ2) is 29.8. The van der Waals surface area contributed by atoms with E-state index in [-0.39, 0.29) is 30.9 Å². The number of amides is 10. The topological polar surface area (TPSA) is 412 Å². The van der Waals surface area contributed by atoms with E-state index < -0.39 is 163 Å². The van der Waals surface area contributed by atoms with E-state index in [1.165, 1.54) is 13.8 Å². The van der Waals surface area contributed by atoms with Crippen LogP contribution < -0.4 is 58.9 Å². The molecule has 26 nitrogen and oxygen atoms in total. The fourth-order valence-corrected chi connectivity index (χ4v) is 6.62. The summed E-state index contributed by atoms with van der Waals surface area (Å²) in [5, 5.41) is 52.7. The molecule has 0 radical (unpaired) electrons. The summed E-state index contributed by atoms with van der Waals surface area (Å²) in [5.74, 6) is -14.5. The van der Waals surface area contributed by atoms with Gasteiger partial charge in [-0.1, -0.05) is 20.3 Å². The first-order chi connectivity index (χ1) is 31.4. The highest BCUT2D eigenvalue weighted by molar-refractivity contribution is 7.80. The predicted octanol–water partition coefficient (Wildman–Crippen LogP) is -5.73. The van der Waals surface area contributed by atoms with Gasteiger partial charge in [0.15, 0.2) is 0 Å². The number of hydrogen-bond donors (Lipinski definition) is 16. The Balaban J connectivity index is 3.74. The van der Waals surface area contributed by atoms with Gasteiger partial charge in [-0.05, 0) is 58.9 Å². The Kier molecular flexibility index (Phi) is 26.4. The Morgan fingerprint density at radius 3 is 1.55 bits per heavy atom. The first kappa shape index (κ1) is 59.3. The van der Waals surface area contributed by atoms with Crippen molar-refractivity contribution in [2.24, 2.45) is 11.7 Å².